The zero-order valence-electron chi connectivity index (χ0n) is 14.7. The minimum atomic E-state index is -3.15. The van der Waals surface area contributed by atoms with Gasteiger partial charge in [0.05, 0.1) is 36.4 Å². The quantitative estimate of drug-likeness (QED) is 0.835. The van der Waals surface area contributed by atoms with Crippen LogP contribution in [-0.2, 0) is 49.0 Å². The summed E-state index contributed by atoms with van der Waals surface area (Å²) in [5, 5.41) is 12.2. The van der Waals surface area contributed by atoms with E-state index in [9.17, 15) is 8.42 Å². The molecule has 0 radical (unpaired) electrons. The van der Waals surface area contributed by atoms with Crippen LogP contribution in [0, 0.1) is 0 Å². The fourth-order valence-corrected chi connectivity index (χ4v) is 4.55. The fourth-order valence-electron chi connectivity index (χ4n) is 3.77. The van der Waals surface area contributed by atoms with Crippen molar-refractivity contribution in [1.82, 2.24) is 29.2 Å². The molecule has 0 atom stereocenters. The van der Waals surface area contributed by atoms with Gasteiger partial charge in [0, 0.05) is 25.3 Å². The van der Waals surface area contributed by atoms with E-state index in [0.717, 1.165) is 43.0 Å². The fraction of sp³-hybridized carbons (Fsp3) is 0.625. The van der Waals surface area contributed by atoms with E-state index in [1.54, 1.807) is 0 Å². The molecule has 4 rings (SSSR count). The number of hydrogen-bond acceptors (Lipinski definition) is 5. The van der Waals surface area contributed by atoms with Gasteiger partial charge in [-0.3, -0.25) is 14.7 Å². The topological polar surface area (TPSA) is 87.1 Å². The summed E-state index contributed by atoms with van der Waals surface area (Å²) in [5.74, 6) is 0. The van der Waals surface area contributed by atoms with Crippen LogP contribution in [-0.4, -0.2) is 57.4 Å². The summed E-state index contributed by atoms with van der Waals surface area (Å²) in [4.78, 5) is 2.21. The largest absolute Gasteiger partial charge is 0.295 e. The van der Waals surface area contributed by atoms with Gasteiger partial charge in [0.25, 0.3) is 0 Å². The molecule has 0 fully saturated rings. The number of nitrogens with one attached hydrogen (secondary N) is 1. The maximum Gasteiger partial charge on any atom is 0.211 e. The Labute approximate surface area is 147 Å². The van der Waals surface area contributed by atoms with Gasteiger partial charge in [-0.05, 0) is 37.9 Å². The number of aromatic amines is 1. The molecule has 2 aromatic rings. The van der Waals surface area contributed by atoms with Crippen LogP contribution in [0.1, 0.15) is 34.8 Å². The first-order valence-corrected chi connectivity index (χ1v) is 10.5. The Hall–Kier alpha value is -1.71. The number of fused-ring (bicyclic) bond motifs is 2. The van der Waals surface area contributed by atoms with Gasteiger partial charge < -0.3 is 0 Å². The monoisotopic (exact) mass is 364 g/mol. The predicted molar refractivity (Wildman–Crippen MR) is 93.3 cm³/mol. The molecule has 9 heteroatoms. The highest BCUT2D eigenvalue weighted by molar-refractivity contribution is 7.88. The summed E-state index contributed by atoms with van der Waals surface area (Å²) in [7, 11) is -1.09. The summed E-state index contributed by atoms with van der Waals surface area (Å²) in [6, 6.07) is 2.02. The van der Waals surface area contributed by atoms with Crippen LogP contribution < -0.4 is 0 Å². The van der Waals surface area contributed by atoms with Crippen LogP contribution in [0.2, 0.25) is 0 Å². The van der Waals surface area contributed by atoms with Gasteiger partial charge in [-0.2, -0.15) is 14.5 Å². The highest BCUT2D eigenvalue weighted by Gasteiger charge is 2.25. The second kappa shape index (κ2) is 6.22. The maximum atomic E-state index is 11.7. The molecule has 2 aromatic heterocycles. The summed E-state index contributed by atoms with van der Waals surface area (Å²) in [5.41, 5.74) is 5.75. The number of rotatable bonds is 5. The van der Waals surface area contributed by atoms with Crippen LogP contribution in [0.4, 0.5) is 0 Å². The molecule has 0 aromatic carbocycles. The van der Waals surface area contributed by atoms with E-state index < -0.39 is 10.0 Å². The number of sulfonamides is 1. The Morgan fingerprint density at radius 1 is 1.28 bits per heavy atom. The number of H-pyrrole nitrogens is 1. The Morgan fingerprint density at radius 3 is 2.92 bits per heavy atom. The lowest BCUT2D eigenvalue weighted by Gasteiger charge is -2.25. The molecular weight excluding hydrogens is 340 g/mol. The normalized spacial score (nSPS) is 17.9. The molecule has 136 valence electrons. The molecule has 3 heterocycles. The van der Waals surface area contributed by atoms with Crippen LogP contribution in [0.15, 0.2) is 6.07 Å². The van der Waals surface area contributed by atoms with Gasteiger partial charge in [-0.25, -0.2) is 8.42 Å². The highest BCUT2D eigenvalue weighted by atomic mass is 32.2. The Bertz CT molecular complexity index is 885. The second-order valence-electron chi connectivity index (χ2n) is 7.10. The molecule has 0 saturated heterocycles. The average molecular weight is 364 g/mol. The summed E-state index contributed by atoms with van der Waals surface area (Å²) in [6.07, 6.45) is 4.70. The lowest BCUT2D eigenvalue weighted by atomic mass is 10.2. The number of hydrogen-bond donors (Lipinski definition) is 1. The summed E-state index contributed by atoms with van der Waals surface area (Å²) in [6.45, 7) is 3.02. The van der Waals surface area contributed by atoms with Crippen molar-refractivity contribution in [3.05, 3.63) is 34.4 Å². The van der Waals surface area contributed by atoms with Crippen LogP contribution in [0.25, 0.3) is 0 Å². The van der Waals surface area contributed by atoms with Gasteiger partial charge in [0.1, 0.15) is 0 Å². The van der Waals surface area contributed by atoms with Crippen molar-refractivity contribution in [2.24, 2.45) is 0 Å². The van der Waals surface area contributed by atoms with E-state index in [1.807, 2.05) is 10.7 Å². The molecule has 0 amide bonds. The third-order valence-electron chi connectivity index (χ3n) is 5.03. The minimum Gasteiger partial charge on any atom is -0.295 e. The molecule has 0 spiro atoms. The van der Waals surface area contributed by atoms with Gasteiger partial charge >= 0.3 is 0 Å². The molecule has 2 aliphatic rings. The van der Waals surface area contributed by atoms with Gasteiger partial charge in [-0.1, -0.05) is 0 Å². The van der Waals surface area contributed by atoms with Gasteiger partial charge in [0.15, 0.2) is 0 Å². The number of nitrogens with zero attached hydrogens (tertiary/aromatic N) is 5. The van der Waals surface area contributed by atoms with Crippen LogP contribution in [0.3, 0.4) is 0 Å². The van der Waals surface area contributed by atoms with E-state index in [-0.39, 0.29) is 0 Å². The Balaban J connectivity index is 1.42. The first-order valence-electron chi connectivity index (χ1n) is 8.64. The van der Waals surface area contributed by atoms with Crippen molar-refractivity contribution in [2.75, 3.05) is 19.8 Å². The van der Waals surface area contributed by atoms with Crippen molar-refractivity contribution >= 4 is 10.0 Å². The molecule has 0 unspecified atom stereocenters. The van der Waals surface area contributed by atoms with Crippen molar-refractivity contribution in [3.63, 3.8) is 0 Å². The standard InChI is InChI=1S/C16H24N6O2S/c1-20(11-16-14-4-3-5-15(14)17-18-16)9-12-8-13-10-21(25(2,23)24)6-7-22(13)19-12/h8H,3-7,9-11H2,1-2H3,(H,17,18). The number of aromatic nitrogens is 4. The van der Waals surface area contributed by atoms with Gasteiger partial charge in [0.2, 0.25) is 10.0 Å². The third kappa shape index (κ3) is 3.36. The van der Waals surface area contributed by atoms with Crippen LogP contribution in [0.5, 0.6) is 0 Å². The molecule has 0 saturated carbocycles. The zero-order valence-corrected chi connectivity index (χ0v) is 15.5. The smallest absolute Gasteiger partial charge is 0.211 e. The predicted octanol–water partition coefficient (Wildman–Crippen LogP) is 0.502. The van der Waals surface area contributed by atoms with Crippen molar-refractivity contribution in [1.29, 1.82) is 0 Å². The molecular formula is C16H24N6O2S. The minimum absolute atomic E-state index is 0.405. The first-order chi connectivity index (χ1) is 11.9. The average Bonchev–Trinajstić information content (AvgIpc) is 3.21. The number of aryl methyl sites for hydroxylation is 1. The summed E-state index contributed by atoms with van der Waals surface area (Å²) >= 11 is 0. The molecule has 8 nitrogen and oxygen atoms in total. The third-order valence-corrected chi connectivity index (χ3v) is 6.28. The van der Waals surface area contributed by atoms with E-state index in [0.29, 0.717) is 19.6 Å². The Morgan fingerprint density at radius 2 is 2.12 bits per heavy atom. The highest BCUT2D eigenvalue weighted by Crippen LogP contribution is 2.24. The SMILES string of the molecule is CN(Cc1cc2n(n1)CCN(S(C)(=O)=O)C2)Cc1n[nH]c2c1CCC2. The van der Waals surface area contributed by atoms with E-state index >= 15 is 0 Å². The van der Waals surface area contributed by atoms with Crippen LogP contribution >= 0.6 is 0 Å². The molecule has 1 aliphatic carbocycles. The van der Waals surface area contributed by atoms with E-state index in [2.05, 4.69) is 27.2 Å². The van der Waals surface area contributed by atoms with E-state index in [4.69, 9.17) is 0 Å². The van der Waals surface area contributed by atoms with Gasteiger partial charge in [-0.15, -0.1) is 0 Å². The van der Waals surface area contributed by atoms with E-state index in [1.165, 1.54) is 28.2 Å². The zero-order chi connectivity index (χ0) is 17.6. The second-order valence-corrected chi connectivity index (χ2v) is 9.08. The lowest BCUT2D eigenvalue weighted by molar-refractivity contribution is 0.304. The molecule has 25 heavy (non-hydrogen) atoms. The molecule has 1 N–H and O–H groups in total. The lowest BCUT2D eigenvalue weighted by Crippen LogP contribution is -2.37. The van der Waals surface area contributed by atoms with Crippen molar-refractivity contribution < 1.29 is 8.42 Å². The molecule has 1 aliphatic heterocycles. The first kappa shape index (κ1) is 16.7. The van der Waals surface area contributed by atoms with Crippen molar-refractivity contribution in [2.45, 2.75) is 45.4 Å². The molecule has 0 bridgehead atoms. The summed E-state index contributed by atoms with van der Waals surface area (Å²) < 4.78 is 26.9. The Kier molecular flexibility index (Phi) is 4.17. The maximum absolute atomic E-state index is 11.7. The van der Waals surface area contributed by atoms with Crippen molar-refractivity contribution in [3.8, 4) is 0 Å².